The summed E-state index contributed by atoms with van der Waals surface area (Å²) >= 11 is 0. The van der Waals surface area contributed by atoms with Gasteiger partial charge in [0, 0.05) is 0 Å². The maximum Gasteiger partial charge on any atom is 0.407 e. The van der Waals surface area contributed by atoms with E-state index in [0.717, 1.165) is 5.56 Å². The van der Waals surface area contributed by atoms with Gasteiger partial charge in [0.15, 0.2) is 0 Å². The Hall–Kier alpha value is -3.10. The van der Waals surface area contributed by atoms with Crippen molar-refractivity contribution in [1.29, 1.82) is 0 Å². The predicted molar refractivity (Wildman–Crippen MR) is 87.3 cm³/mol. The average molecular weight is 351 g/mol. The molecule has 136 valence electrons. The van der Waals surface area contributed by atoms with E-state index in [9.17, 15) is 19.2 Å². The van der Waals surface area contributed by atoms with E-state index in [1.54, 1.807) is 12.1 Å². The predicted octanol–water partition coefficient (Wildman–Crippen LogP) is -0.293. The summed E-state index contributed by atoms with van der Waals surface area (Å²) in [6.45, 7) is 0.867. The minimum atomic E-state index is -0.819. The van der Waals surface area contributed by atoms with Crippen molar-refractivity contribution in [1.82, 2.24) is 16.0 Å². The first-order chi connectivity index (χ1) is 11.9. The number of alkyl carbamates (subject to hydrolysis) is 1. The van der Waals surface area contributed by atoms with Gasteiger partial charge in [-0.1, -0.05) is 30.3 Å². The second-order valence-corrected chi connectivity index (χ2v) is 5.00. The summed E-state index contributed by atoms with van der Waals surface area (Å²) in [5.41, 5.74) is 0.818. The molecule has 1 unspecified atom stereocenters. The zero-order valence-corrected chi connectivity index (χ0v) is 14.0. The van der Waals surface area contributed by atoms with Crippen molar-refractivity contribution >= 4 is 23.9 Å². The van der Waals surface area contributed by atoms with E-state index in [4.69, 9.17) is 4.74 Å². The number of hydrogen-bond donors (Lipinski definition) is 3. The highest BCUT2D eigenvalue weighted by molar-refractivity contribution is 5.89. The van der Waals surface area contributed by atoms with E-state index in [1.807, 2.05) is 18.2 Å². The molecule has 0 aromatic heterocycles. The molecule has 3 N–H and O–H groups in total. The van der Waals surface area contributed by atoms with Crippen LogP contribution >= 0.6 is 0 Å². The van der Waals surface area contributed by atoms with E-state index in [-0.39, 0.29) is 19.7 Å². The lowest BCUT2D eigenvalue weighted by atomic mass is 10.2. The summed E-state index contributed by atoms with van der Waals surface area (Å²) in [5, 5.41) is 6.92. The van der Waals surface area contributed by atoms with Crippen molar-refractivity contribution in [3.63, 3.8) is 0 Å². The van der Waals surface area contributed by atoms with Crippen LogP contribution in [-0.2, 0) is 30.5 Å². The topological polar surface area (TPSA) is 123 Å². The summed E-state index contributed by atoms with van der Waals surface area (Å²) in [4.78, 5) is 45.7. The minimum Gasteiger partial charge on any atom is -0.467 e. The molecule has 0 saturated heterocycles. The monoisotopic (exact) mass is 351 g/mol. The summed E-state index contributed by atoms with van der Waals surface area (Å²) < 4.78 is 9.39. The minimum absolute atomic E-state index is 0.0854. The number of hydrogen-bond acceptors (Lipinski definition) is 6. The molecule has 0 fully saturated rings. The molecule has 0 bridgehead atoms. The third-order valence-electron chi connectivity index (χ3n) is 2.98. The SMILES string of the molecule is COC(=O)C(C)NC(=O)CNC(=O)CNC(=O)OCc1ccccc1. The first-order valence-electron chi connectivity index (χ1n) is 7.50. The fourth-order valence-corrected chi connectivity index (χ4v) is 1.70. The lowest BCUT2D eigenvalue weighted by molar-refractivity contribution is -0.144. The second-order valence-electron chi connectivity index (χ2n) is 5.00. The standard InChI is InChI=1S/C16H21N3O6/c1-11(15(22)24-2)19-14(21)9-17-13(20)8-18-16(23)25-10-12-6-4-3-5-7-12/h3-7,11H,8-10H2,1-2H3,(H,17,20)(H,18,23)(H,19,21). The van der Waals surface area contributed by atoms with Crippen molar-refractivity contribution in [2.24, 2.45) is 0 Å². The van der Waals surface area contributed by atoms with Gasteiger partial charge in [0.1, 0.15) is 19.2 Å². The molecule has 0 heterocycles. The molecule has 0 radical (unpaired) electrons. The Bertz CT molecular complexity index is 605. The van der Waals surface area contributed by atoms with Gasteiger partial charge in [-0.3, -0.25) is 9.59 Å². The van der Waals surface area contributed by atoms with Crippen LogP contribution in [-0.4, -0.2) is 50.1 Å². The molecule has 1 aromatic carbocycles. The van der Waals surface area contributed by atoms with Crippen LogP contribution in [0.2, 0.25) is 0 Å². The van der Waals surface area contributed by atoms with Crippen molar-refractivity contribution in [2.45, 2.75) is 19.6 Å². The molecule has 9 heteroatoms. The number of benzene rings is 1. The van der Waals surface area contributed by atoms with Gasteiger partial charge in [0.05, 0.1) is 13.7 Å². The molecule has 1 atom stereocenters. The van der Waals surface area contributed by atoms with Crippen LogP contribution in [0, 0.1) is 0 Å². The third kappa shape index (κ3) is 8.35. The lowest BCUT2D eigenvalue weighted by Crippen LogP contribution is -2.46. The van der Waals surface area contributed by atoms with Crippen LogP contribution in [0.4, 0.5) is 4.79 Å². The van der Waals surface area contributed by atoms with Crippen LogP contribution in [0.15, 0.2) is 30.3 Å². The number of carbonyl (C=O) groups excluding carboxylic acids is 4. The normalized spacial score (nSPS) is 11.0. The fraction of sp³-hybridized carbons (Fsp3) is 0.375. The molecular weight excluding hydrogens is 330 g/mol. The molecule has 25 heavy (non-hydrogen) atoms. The Balaban J connectivity index is 2.18. The molecule has 9 nitrogen and oxygen atoms in total. The van der Waals surface area contributed by atoms with Crippen LogP contribution < -0.4 is 16.0 Å². The Morgan fingerprint density at radius 2 is 1.64 bits per heavy atom. The fourth-order valence-electron chi connectivity index (χ4n) is 1.70. The van der Waals surface area contributed by atoms with Crippen molar-refractivity contribution < 1.29 is 28.7 Å². The first kappa shape index (κ1) is 19.9. The van der Waals surface area contributed by atoms with Gasteiger partial charge in [0.2, 0.25) is 11.8 Å². The largest absolute Gasteiger partial charge is 0.467 e. The molecule has 0 saturated carbocycles. The van der Waals surface area contributed by atoms with E-state index in [0.29, 0.717) is 0 Å². The Morgan fingerprint density at radius 3 is 2.28 bits per heavy atom. The first-order valence-corrected chi connectivity index (χ1v) is 7.50. The Labute approximate surface area is 145 Å². The number of rotatable bonds is 8. The number of amides is 3. The number of methoxy groups -OCH3 is 1. The quantitative estimate of drug-likeness (QED) is 0.553. The van der Waals surface area contributed by atoms with Crippen molar-refractivity contribution in [2.75, 3.05) is 20.2 Å². The molecule has 0 aliphatic heterocycles. The van der Waals surface area contributed by atoms with Gasteiger partial charge in [-0.25, -0.2) is 9.59 Å². The summed E-state index contributed by atoms with van der Waals surface area (Å²) in [6.07, 6.45) is -0.747. The summed E-state index contributed by atoms with van der Waals surface area (Å²) in [7, 11) is 1.20. The molecule has 3 amide bonds. The smallest absolute Gasteiger partial charge is 0.407 e. The molecule has 0 spiro atoms. The summed E-state index contributed by atoms with van der Waals surface area (Å²) in [5.74, 6) is -1.72. The van der Waals surface area contributed by atoms with Gasteiger partial charge < -0.3 is 25.4 Å². The van der Waals surface area contributed by atoms with E-state index >= 15 is 0 Å². The van der Waals surface area contributed by atoms with Gasteiger partial charge in [0.25, 0.3) is 0 Å². The maximum absolute atomic E-state index is 11.5. The van der Waals surface area contributed by atoms with Crippen molar-refractivity contribution in [3.8, 4) is 0 Å². The van der Waals surface area contributed by atoms with Gasteiger partial charge in [-0.05, 0) is 12.5 Å². The molecule has 0 aliphatic carbocycles. The highest BCUT2D eigenvalue weighted by Crippen LogP contribution is 2.00. The number of nitrogens with one attached hydrogen (secondary N) is 3. The van der Waals surface area contributed by atoms with E-state index in [2.05, 4.69) is 20.7 Å². The third-order valence-corrected chi connectivity index (χ3v) is 2.98. The highest BCUT2D eigenvalue weighted by atomic mass is 16.5. The van der Waals surface area contributed by atoms with Crippen LogP contribution in [0.3, 0.4) is 0 Å². The molecular formula is C16H21N3O6. The van der Waals surface area contributed by atoms with E-state index < -0.39 is 29.9 Å². The molecule has 1 aromatic rings. The second kappa shape index (κ2) is 10.6. The van der Waals surface area contributed by atoms with Gasteiger partial charge >= 0.3 is 12.1 Å². The molecule has 1 rings (SSSR count). The highest BCUT2D eigenvalue weighted by Gasteiger charge is 2.16. The zero-order valence-electron chi connectivity index (χ0n) is 14.0. The number of esters is 1. The summed E-state index contributed by atoms with van der Waals surface area (Å²) in [6, 6.07) is 8.25. The lowest BCUT2D eigenvalue weighted by Gasteiger charge is -2.12. The number of carbonyl (C=O) groups is 4. The zero-order chi connectivity index (χ0) is 18.7. The van der Waals surface area contributed by atoms with Crippen molar-refractivity contribution in [3.05, 3.63) is 35.9 Å². The van der Waals surface area contributed by atoms with Crippen LogP contribution in [0.1, 0.15) is 12.5 Å². The Morgan fingerprint density at radius 1 is 1.00 bits per heavy atom. The average Bonchev–Trinajstić information content (AvgIpc) is 2.62. The number of ether oxygens (including phenoxy) is 2. The van der Waals surface area contributed by atoms with Crippen LogP contribution in [0.25, 0.3) is 0 Å². The van der Waals surface area contributed by atoms with Crippen LogP contribution in [0.5, 0.6) is 0 Å². The van der Waals surface area contributed by atoms with E-state index in [1.165, 1.54) is 14.0 Å². The Kier molecular flexibility index (Phi) is 8.48. The molecule has 0 aliphatic rings. The van der Waals surface area contributed by atoms with Gasteiger partial charge in [-0.15, -0.1) is 0 Å². The maximum atomic E-state index is 11.5. The van der Waals surface area contributed by atoms with Gasteiger partial charge in [-0.2, -0.15) is 0 Å².